The molecule has 3 aromatic carbocycles. The van der Waals surface area contributed by atoms with Crippen LogP contribution in [0, 0.1) is 13.8 Å². The molecule has 0 aliphatic rings. The Hall–Kier alpha value is -4.06. The van der Waals surface area contributed by atoms with E-state index in [0.29, 0.717) is 19.6 Å². The first-order chi connectivity index (χ1) is 18.4. The number of nitrogens with zero attached hydrogens (tertiary/aromatic N) is 2. The van der Waals surface area contributed by atoms with Crippen molar-refractivity contribution in [3.8, 4) is 0 Å². The van der Waals surface area contributed by atoms with Gasteiger partial charge in [0.15, 0.2) is 0 Å². The Balaban J connectivity index is 1.50. The van der Waals surface area contributed by atoms with Crippen molar-refractivity contribution in [1.82, 2.24) is 14.8 Å². The van der Waals surface area contributed by atoms with Crippen LogP contribution in [0.25, 0.3) is 10.9 Å². The molecule has 4 aromatic rings. The summed E-state index contributed by atoms with van der Waals surface area (Å²) in [5.41, 5.74) is 6.27. The van der Waals surface area contributed by atoms with Gasteiger partial charge in [-0.2, -0.15) is 0 Å². The van der Waals surface area contributed by atoms with Crippen LogP contribution in [0.15, 0.2) is 79.0 Å². The third kappa shape index (κ3) is 7.03. The molecule has 6 heteroatoms. The van der Waals surface area contributed by atoms with Gasteiger partial charge in [-0.05, 0) is 55.5 Å². The van der Waals surface area contributed by atoms with Gasteiger partial charge in [0.05, 0.1) is 0 Å². The molecule has 0 radical (unpaired) electrons. The Morgan fingerprint density at radius 2 is 1.66 bits per heavy atom. The van der Waals surface area contributed by atoms with Gasteiger partial charge in [-0.15, -0.1) is 0 Å². The lowest BCUT2D eigenvalue weighted by Crippen LogP contribution is -2.45. The third-order valence-corrected chi connectivity index (χ3v) is 6.91. The molecule has 6 nitrogen and oxygen atoms in total. The lowest BCUT2D eigenvalue weighted by atomic mass is 10.1. The van der Waals surface area contributed by atoms with Crippen molar-refractivity contribution < 1.29 is 9.59 Å². The van der Waals surface area contributed by atoms with Gasteiger partial charge in [0, 0.05) is 42.4 Å². The molecule has 0 bridgehead atoms. The molecule has 0 saturated heterocycles. The number of amides is 3. The van der Waals surface area contributed by atoms with Crippen molar-refractivity contribution in [2.24, 2.45) is 0 Å². The predicted octanol–water partition coefficient (Wildman–Crippen LogP) is 6.69. The summed E-state index contributed by atoms with van der Waals surface area (Å²) in [5, 5.41) is 4.20. The van der Waals surface area contributed by atoms with E-state index in [1.54, 1.807) is 4.90 Å². The van der Waals surface area contributed by atoms with E-state index in [1.165, 1.54) is 10.9 Å². The fraction of sp³-hybridized carbons (Fsp3) is 0.312. The zero-order valence-electron chi connectivity index (χ0n) is 22.7. The largest absolute Gasteiger partial charge is 0.361 e. The summed E-state index contributed by atoms with van der Waals surface area (Å²) < 4.78 is 0. The molecule has 38 heavy (non-hydrogen) atoms. The number of benzene rings is 3. The maximum absolute atomic E-state index is 13.7. The summed E-state index contributed by atoms with van der Waals surface area (Å²) in [5.74, 6) is -0.0550. The van der Waals surface area contributed by atoms with Crippen LogP contribution < -0.4 is 5.32 Å². The Morgan fingerprint density at radius 3 is 2.42 bits per heavy atom. The van der Waals surface area contributed by atoms with Crippen LogP contribution in [-0.2, 0) is 17.8 Å². The number of carbonyl (C=O) groups excluding carboxylic acids is 2. The summed E-state index contributed by atoms with van der Waals surface area (Å²) in [4.78, 5) is 33.9. The summed E-state index contributed by atoms with van der Waals surface area (Å²) in [6.45, 7) is 7.74. The van der Waals surface area contributed by atoms with Crippen LogP contribution in [0.4, 0.5) is 10.5 Å². The van der Waals surface area contributed by atoms with Gasteiger partial charge >= 0.3 is 6.03 Å². The first-order valence-electron chi connectivity index (χ1n) is 13.4. The van der Waals surface area contributed by atoms with E-state index in [1.807, 2.05) is 85.6 Å². The molecule has 4 rings (SSSR count). The van der Waals surface area contributed by atoms with Crippen LogP contribution in [0.3, 0.4) is 0 Å². The second kappa shape index (κ2) is 13.0. The van der Waals surface area contributed by atoms with Crippen LogP contribution in [0.2, 0.25) is 0 Å². The number of rotatable bonds is 11. The number of nitrogens with one attached hydrogen (secondary N) is 2. The number of unbranched alkanes of at least 4 members (excludes halogenated alkanes) is 1. The highest BCUT2D eigenvalue weighted by atomic mass is 16.2. The lowest BCUT2D eigenvalue weighted by Gasteiger charge is -2.28. The number of carbonyl (C=O) groups is 2. The van der Waals surface area contributed by atoms with E-state index >= 15 is 0 Å². The average molecular weight is 511 g/mol. The van der Waals surface area contributed by atoms with E-state index in [2.05, 4.69) is 29.4 Å². The fourth-order valence-electron chi connectivity index (χ4n) is 4.70. The number of aromatic amines is 1. The Labute approximate surface area is 225 Å². The van der Waals surface area contributed by atoms with Crippen LogP contribution >= 0.6 is 0 Å². The number of hydrogen-bond donors (Lipinski definition) is 2. The summed E-state index contributed by atoms with van der Waals surface area (Å²) in [6, 6.07) is 24.0. The van der Waals surface area contributed by atoms with Crippen molar-refractivity contribution in [2.45, 2.75) is 46.6 Å². The van der Waals surface area contributed by atoms with E-state index in [4.69, 9.17) is 0 Å². The predicted molar refractivity (Wildman–Crippen MR) is 155 cm³/mol. The molecular formula is C32H38N4O2. The van der Waals surface area contributed by atoms with E-state index in [9.17, 15) is 9.59 Å². The first-order valence-corrected chi connectivity index (χ1v) is 13.4. The molecule has 1 heterocycles. The number of para-hydroxylation sites is 1. The number of urea groups is 1. The second-order valence-electron chi connectivity index (χ2n) is 9.93. The third-order valence-electron chi connectivity index (χ3n) is 6.91. The second-order valence-corrected chi connectivity index (χ2v) is 9.93. The number of hydrogen-bond acceptors (Lipinski definition) is 2. The Kier molecular flexibility index (Phi) is 9.20. The smallest absolute Gasteiger partial charge is 0.322 e. The van der Waals surface area contributed by atoms with Crippen LogP contribution in [-0.4, -0.2) is 46.4 Å². The standard InChI is InChI=1S/C32H38N4O2/c1-4-5-18-36(32(38)34-29-16-15-24(2)20-25(29)3)23-31(37)35(22-26-11-7-6-8-12-26)19-17-27-21-33-30-14-10-9-13-28(27)30/h6-16,20-21,33H,4-5,17-19,22-23H2,1-3H3,(H,34,38). The molecule has 0 fully saturated rings. The topological polar surface area (TPSA) is 68.4 Å². The van der Waals surface area contributed by atoms with Crippen LogP contribution in [0.1, 0.15) is 42.0 Å². The van der Waals surface area contributed by atoms with Gasteiger partial charge in [-0.1, -0.05) is 79.6 Å². The molecule has 0 unspecified atom stereocenters. The normalized spacial score (nSPS) is 10.9. The minimum Gasteiger partial charge on any atom is -0.361 e. The minimum atomic E-state index is -0.241. The highest BCUT2D eigenvalue weighted by Gasteiger charge is 2.22. The van der Waals surface area contributed by atoms with Gasteiger partial charge in [-0.3, -0.25) is 4.79 Å². The molecule has 1 aromatic heterocycles. The van der Waals surface area contributed by atoms with Crippen molar-refractivity contribution in [1.29, 1.82) is 0 Å². The van der Waals surface area contributed by atoms with Crippen molar-refractivity contribution in [3.05, 3.63) is 101 Å². The summed E-state index contributed by atoms with van der Waals surface area (Å²) in [7, 11) is 0. The minimum absolute atomic E-state index is 0.0391. The van der Waals surface area contributed by atoms with E-state index in [0.717, 1.165) is 47.2 Å². The van der Waals surface area contributed by atoms with Gasteiger partial charge < -0.3 is 20.1 Å². The molecule has 3 amide bonds. The van der Waals surface area contributed by atoms with E-state index in [-0.39, 0.29) is 18.5 Å². The molecule has 198 valence electrons. The van der Waals surface area contributed by atoms with Crippen LogP contribution in [0.5, 0.6) is 0 Å². The number of fused-ring (bicyclic) bond motifs is 1. The molecule has 0 atom stereocenters. The molecular weight excluding hydrogens is 472 g/mol. The average Bonchev–Trinajstić information content (AvgIpc) is 3.34. The Morgan fingerprint density at radius 1 is 0.895 bits per heavy atom. The van der Waals surface area contributed by atoms with Gasteiger partial charge in [0.25, 0.3) is 0 Å². The molecule has 2 N–H and O–H groups in total. The molecule has 0 aliphatic heterocycles. The monoisotopic (exact) mass is 510 g/mol. The zero-order valence-corrected chi connectivity index (χ0v) is 22.7. The SMILES string of the molecule is CCCCN(CC(=O)N(CCc1c[nH]c2ccccc12)Cc1ccccc1)C(=O)Nc1ccc(C)cc1C. The highest BCUT2D eigenvalue weighted by molar-refractivity contribution is 5.93. The fourth-order valence-corrected chi connectivity index (χ4v) is 4.70. The zero-order chi connectivity index (χ0) is 26.9. The lowest BCUT2D eigenvalue weighted by molar-refractivity contribution is -0.132. The summed E-state index contributed by atoms with van der Waals surface area (Å²) >= 11 is 0. The molecule has 0 aliphatic carbocycles. The Bertz CT molecular complexity index is 1360. The van der Waals surface area contributed by atoms with Gasteiger partial charge in [0.2, 0.25) is 5.91 Å². The summed E-state index contributed by atoms with van der Waals surface area (Å²) in [6.07, 6.45) is 4.53. The highest BCUT2D eigenvalue weighted by Crippen LogP contribution is 2.20. The van der Waals surface area contributed by atoms with Crippen molar-refractivity contribution in [2.75, 3.05) is 25.0 Å². The molecule has 0 saturated carbocycles. The first kappa shape index (κ1) is 27.0. The van der Waals surface area contributed by atoms with Gasteiger partial charge in [-0.25, -0.2) is 4.79 Å². The maximum atomic E-state index is 13.7. The van der Waals surface area contributed by atoms with E-state index < -0.39 is 0 Å². The van der Waals surface area contributed by atoms with Gasteiger partial charge in [0.1, 0.15) is 6.54 Å². The molecule has 0 spiro atoms. The van der Waals surface area contributed by atoms with Crippen molar-refractivity contribution >= 4 is 28.5 Å². The number of aromatic nitrogens is 1. The number of aryl methyl sites for hydroxylation is 2. The maximum Gasteiger partial charge on any atom is 0.322 e. The number of anilines is 1. The van der Waals surface area contributed by atoms with Crippen molar-refractivity contribution in [3.63, 3.8) is 0 Å². The number of H-pyrrole nitrogens is 1. The quantitative estimate of drug-likeness (QED) is 0.236.